The van der Waals surface area contributed by atoms with Crippen LogP contribution < -0.4 is 5.32 Å². The molecule has 0 saturated heterocycles. The van der Waals surface area contributed by atoms with Gasteiger partial charge in [0.2, 0.25) is 0 Å². The molecule has 4 heterocycles. The summed E-state index contributed by atoms with van der Waals surface area (Å²) in [5.74, 6) is 0.723. The number of aromatic nitrogens is 4. The number of hydrogen-bond donors (Lipinski definition) is 1. The Morgan fingerprint density at radius 3 is 2.88 bits per heavy atom. The lowest BCUT2D eigenvalue weighted by Crippen LogP contribution is -2.04. The Kier molecular flexibility index (Phi) is 3.53. The summed E-state index contributed by atoms with van der Waals surface area (Å²) in [7, 11) is 0. The highest BCUT2D eigenvalue weighted by Gasteiger charge is 2.22. The van der Waals surface area contributed by atoms with Crippen LogP contribution in [0.2, 0.25) is 0 Å². The minimum Gasteiger partial charge on any atom is -0.367 e. The van der Waals surface area contributed by atoms with Gasteiger partial charge in [-0.05, 0) is 42.5 Å². The lowest BCUT2D eigenvalue weighted by Gasteiger charge is -2.07. The average molecular weight is 361 g/mol. The molecule has 1 aliphatic rings. The van der Waals surface area contributed by atoms with Crippen molar-refractivity contribution in [3.05, 3.63) is 53.7 Å². The Labute approximate surface area is 153 Å². The van der Waals surface area contributed by atoms with Crippen LogP contribution >= 0.6 is 11.3 Å². The molecule has 0 aromatic carbocycles. The molecular weight excluding hydrogens is 346 g/mol. The average Bonchev–Trinajstić information content (AvgIpc) is 3.16. The first-order valence-corrected chi connectivity index (χ1v) is 9.30. The lowest BCUT2D eigenvalue weighted by molar-refractivity contribution is 0.112. The minimum absolute atomic E-state index is 0.463. The molecule has 6 nitrogen and oxygen atoms in total. The van der Waals surface area contributed by atoms with Gasteiger partial charge >= 0.3 is 0 Å². The predicted octanol–water partition coefficient (Wildman–Crippen LogP) is 3.91. The smallest absolute Gasteiger partial charge is 0.165 e. The third kappa shape index (κ3) is 2.76. The van der Waals surface area contributed by atoms with E-state index in [1.807, 2.05) is 29.8 Å². The maximum atomic E-state index is 11.4. The van der Waals surface area contributed by atoms with Crippen LogP contribution in [0.4, 0.5) is 5.82 Å². The highest BCUT2D eigenvalue weighted by molar-refractivity contribution is 7.13. The van der Waals surface area contributed by atoms with Crippen LogP contribution in [-0.2, 0) is 0 Å². The van der Waals surface area contributed by atoms with Crippen molar-refractivity contribution in [1.82, 2.24) is 19.6 Å². The summed E-state index contributed by atoms with van der Waals surface area (Å²) in [5, 5.41) is 9.77. The number of fused-ring (bicyclic) bond motifs is 1. The first kappa shape index (κ1) is 15.2. The summed E-state index contributed by atoms with van der Waals surface area (Å²) >= 11 is 1.65. The second-order valence-electron chi connectivity index (χ2n) is 6.32. The van der Waals surface area contributed by atoms with E-state index in [0.717, 1.165) is 46.7 Å². The Morgan fingerprint density at radius 2 is 2.12 bits per heavy atom. The molecule has 1 saturated carbocycles. The van der Waals surface area contributed by atoms with Crippen molar-refractivity contribution in [2.24, 2.45) is 0 Å². The number of nitrogens with one attached hydrogen (secondary N) is 1. The molecule has 0 radical (unpaired) electrons. The summed E-state index contributed by atoms with van der Waals surface area (Å²) in [6.07, 6.45) is 6.78. The second kappa shape index (κ2) is 6.03. The number of thiophene rings is 1. The molecule has 4 aromatic rings. The van der Waals surface area contributed by atoms with E-state index in [-0.39, 0.29) is 0 Å². The number of aldehydes is 1. The Balaban J connectivity index is 1.63. The normalized spacial score (nSPS) is 13.8. The molecule has 1 aliphatic carbocycles. The zero-order valence-electron chi connectivity index (χ0n) is 13.8. The molecule has 4 aromatic heterocycles. The van der Waals surface area contributed by atoms with Gasteiger partial charge in [0, 0.05) is 17.8 Å². The molecule has 1 N–H and O–H groups in total. The van der Waals surface area contributed by atoms with Crippen LogP contribution in [-0.4, -0.2) is 31.9 Å². The Hall–Kier alpha value is -3.06. The topological polar surface area (TPSA) is 72.2 Å². The van der Waals surface area contributed by atoms with Crippen molar-refractivity contribution in [3.63, 3.8) is 0 Å². The zero-order chi connectivity index (χ0) is 17.5. The van der Waals surface area contributed by atoms with Crippen LogP contribution in [0, 0.1) is 0 Å². The number of nitrogens with zero attached hydrogens (tertiary/aromatic N) is 4. The zero-order valence-corrected chi connectivity index (χ0v) is 14.6. The van der Waals surface area contributed by atoms with Crippen molar-refractivity contribution in [3.8, 4) is 21.8 Å². The number of hydrogen-bond acceptors (Lipinski definition) is 6. The monoisotopic (exact) mass is 361 g/mol. The molecule has 0 aliphatic heterocycles. The van der Waals surface area contributed by atoms with Crippen LogP contribution in [0.5, 0.6) is 0 Å². The van der Waals surface area contributed by atoms with Gasteiger partial charge in [0.25, 0.3) is 0 Å². The maximum absolute atomic E-state index is 11.4. The Morgan fingerprint density at radius 1 is 1.19 bits per heavy atom. The second-order valence-corrected chi connectivity index (χ2v) is 7.27. The third-order valence-electron chi connectivity index (χ3n) is 4.33. The molecule has 7 heteroatoms. The molecule has 0 amide bonds. The van der Waals surface area contributed by atoms with Crippen molar-refractivity contribution in [1.29, 1.82) is 0 Å². The first-order valence-electron chi connectivity index (χ1n) is 8.42. The van der Waals surface area contributed by atoms with Gasteiger partial charge < -0.3 is 5.32 Å². The largest absolute Gasteiger partial charge is 0.367 e. The molecule has 0 atom stereocenters. The third-order valence-corrected chi connectivity index (χ3v) is 5.22. The van der Waals surface area contributed by atoms with Gasteiger partial charge in [0.15, 0.2) is 5.65 Å². The van der Waals surface area contributed by atoms with Gasteiger partial charge in [-0.1, -0.05) is 6.07 Å². The van der Waals surface area contributed by atoms with E-state index in [1.165, 1.54) is 0 Å². The quantitative estimate of drug-likeness (QED) is 0.546. The summed E-state index contributed by atoms with van der Waals surface area (Å²) < 4.78 is 1.73. The number of pyridine rings is 1. The van der Waals surface area contributed by atoms with Crippen molar-refractivity contribution in [2.45, 2.75) is 18.9 Å². The lowest BCUT2D eigenvalue weighted by atomic mass is 10.1. The van der Waals surface area contributed by atoms with Crippen molar-refractivity contribution < 1.29 is 4.79 Å². The first-order chi connectivity index (χ1) is 12.8. The van der Waals surface area contributed by atoms with Crippen LogP contribution in [0.25, 0.3) is 27.5 Å². The van der Waals surface area contributed by atoms with Gasteiger partial charge in [-0.15, -0.1) is 11.3 Å². The molecule has 0 spiro atoms. The highest BCUT2D eigenvalue weighted by Crippen LogP contribution is 2.29. The van der Waals surface area contributed by atoms with Crippen LogP contribution in [0.15, 0.2) is 48.1 Å². The van der Waals surface area contributed by atoms with Gasteiger partial charge in [-0.3, -0.25) is 4.79 Å². The molecule has 0 bridgehead atoms. The summed E-state index contributed by atoms with van der Waals surface area (Å²) in [4.78, 5) is 21.9. The maximum Gasteiger partial charge on any atom is 0.165 e. The molecule has 26 heavy (non-hydrogen) atoms. The number of rotatable bonds is 5. The van der Waals surface area contributed by atoms with Gasteiger partial charge in [0.1, 0.15) is 12.1 Å². The Bertz CT molecular complexity index is 1100. The van der Waals surface area contributed by atoms with Gasteiger partial charge in [-0.25, -0.2) is 14.5 Å². The number of carbonyl (C=O) groups excluding carboxylic acids is 1. The van der Waals surface area contributed by atoms with Crippen LogP contribution in [0.3, 0.4) is 0 Å². The van der Waals surface area contributed by atoms with E-state index >= 15 is 0 Å². The summed E-state index contributed by atoms with van der Waals surface area (Å²) in [5.41, 5.74) is 3.72. The standard InChI is InChI=1S/C19H15N5OS/c25-11-12-8-16(22-18(9-12)21-13-3-4-13)14-10-20-24-6-5-15(23-19(14)24)17-2-1-7-26-17/h1-2,5-11,13H,3-4H2,(H,21,22). The highest BCUT2D eigenvalue weighted by atomic mass is 32.1. The van der Waals surface area contributed by atoms with Gasteiger partial charge in [0.05, 0.1) is 28.0 Å². The fourth-order valence-corrected chi connectivity index (χ4v) is 3.57. The van der Waals surface area contributed by atoms with E-state index in [0.29, 0.717) is 17.3 Å². The molecule has 1 fully saturated rings. The van der Waals surface area contributed by atoms with Crippen LogP contribution in [0.1, 0.15) is 23.2 Å². The summed E-state index contributed by atoms with van der Waals surface area (Å²) in [6.45, 7) is 0. The van der Waals surface area contributed by atoms with E-state index in [4.69, 9.17) is 4.98 Å². The van der Waals surface area contributed by atoms with E-state index in [2.05, 4.69) is 15.4 Å². The number of carbonyl (C=O) groups is 1. The molecular formula is C19H15N5OS. The fraction of sp³-hybridized carbons (Fsp3) is 0.158. The van der Waals surface area contributed by atoms with Crippen molar-refractivity contribution >= 4 is 29.1 Å². The number of anilines is 1. The minimum atomic E-state index is 0.463. The fourth-order valence-electron chi connectivity index (χ4n) is 2.88. The predicted molar refractivity (Wildman–Crippen MR) is 102 cm³/mol. The van der Waals surface area contributed by atoms with E-state index in [9.17, 15) is 4.79 Å². The molecule has 0 unspecified atom stereocenters. The SMILES string of the molecule is O=Cc1cc(NC2CC2)nc(-c2cnn3ccc(-c4cccs4)nc23)c1. The van der Waals surface area contributed by atoms with Gasteiger partial charge in [-0.2, -0.15) is 5.10 Å². The van der Waals surface area contributed by atoms with Crippen molar-refractivity contribution in [2.75, 3.05) is 5.32 Å². The van der Waals surface area contributed by atoms with E-state index in [1.54, 1.807) is 34.2 Å². The van der Waals surface area contributed by atoms with E-state index < -0.39 is 0 Å². The molecule has 5 rings (SSSR count). The summed E-state index contributed by atoms with van der Waals surface area (Å²) in [6, 6.07) is 10.0. The molecule has 128 valence electrons.